The number of benzene rings is 1. The Morgan fingerprint density at radius 2 is 1.83 bits per heavy atom. The molecule has 0 unspecified atom stereocenters. The maximum atomic E-state index is 12.1. The predicted octanol–water partition coefficient (Wildman–Crippen LogP) is 2.42. The summed E-state index contributed by atoms with van der Waals surface area (Å²) in [7, 11) is 0. The Morgan fingerprint density at radius 1 is 1.22 bits per heavy atom. The van der Waals surface area contributed by atoms with Crippen molar-refractivity contribution < 1.29 is 14.7 Å². The summed E-state index contributed by atoms with van der Waals surface area (Å²) in [5.74, 6) is -0.280. The number of hydrogen-bond acceptors (Lipinski definition) is 2. The second-order valence-electron chi connectivity index (χ2n) is 4.33. The number of rotatable bonds is 3. The van der Waals surface area contributed by atoms with Crippen molar-refractivity contribution in [2.45, 2.75) is 24.8 Å². The third-order valence-electron chi connectivity index (χ3n) is 3.09. The number of amides is 2. The molecule has 18 heavy (non-hydrogen) atoms. The second kappa shape index (κ2) is 5.13. The van der Waals surface area contributed by atoms with Gasteiger partial charge in [-0.3, -0.25) is 4.79 Å². The molecule has 0 atom stereocenters. The largest absolute Gasteiger partial charge is 0.465 e. The van der Waals surface area contributed by atoms with Crippen LogP contribution >= 0.6 is 22.6 Å². The van der Waals surface area contributed by atoms with Gasteiger partial charge in [0.15, 0.2) is 0 Å². The summed E-state index contributed by atoms with van der Waals surface area (Å²) in [6.45, 7) is 0. The number of anilines is 1. The van der Waals surface area contributed by atoms with Crippen molar-refractivity contribution in [2.24, 2.45) is 0 Å². The first-order valence-electron chi connectivity index (χ1n) is 5.60. The Morgan fingerprint density at radius 3 is 2.28 bits per heavy atom. The Kier molecular flexibility index (Phi) is 3.74. The summed E-state index contributed by atoms with van der Waals surface area (Å²) in [4.78, 5) is 22.8. The molecule has 0 spiro atoms. The van der Waals surface area contributed by atoms with Crippen LogP contribution in [0.2, 0.25) is 0 Å². The number of carboxylic acid groups (broad SMARTS) is 1. The second-order valence-corrected chi connectivity index (χ2v) is 5.57. The summed E-state index contributed by atoms with van der Waals surface area (Å²) in [6.07, 6.45) is 0.804. The highest BCUT2D eigenvalue weighted by atomic mass is 127. The molecule has 0 aliphatic heterocycles. The molecular formula is C12H13IN2O3. The van der Waals surface area contributed by atoms with Gasteiger partial charge in [-0.25, -0.2) is 4.79 Å². The van der Waals surface area contributed by atoms with Crippen molar-refractivity contribution in [3.8, 4) is 0 Å². The van der Waals surface area contributed by atoms with Crippen LogP contribution in [0.15, 0.2) is 24.3 Å². The van der Waals surface area contributed by atoms with E-state index >= 15 is 0 Å². The summed E-state index contributed by atoms with van der Waals surface area (Å²) >= 11 is 2.18. The Bertz CT molecular complexity index is 469. The van der Waals surface area contributed by atoms with Crippen LogP contribution in [0.25, 0.3) is 0 Å². The number of nitrogens with one attached hydrogen (secondary N) is 2. The molecule has 3 N–H and O–H groups in total. The number of carbonyl (C=O) groups excluding carboxylic acids is 1. The molecule has 6 heteroatoms. The molecule has 2 rings (SSSR count). The highest BCUT2D eigenvalue weighted by Gasteiger charge is 2.45. The molecule has 1 aliphatic rings. The van der Waals surface area contributed by atoms with Crippen molar-refractivity contribution in [3.05, 3.63) is 27.8 Å². The minimum Gasteiger partial charge on any atom is -0.465 e. The maximum absolute atomic E-state index is 12.1. The lowest BCUT2D eigenvalue weighted by Crippen LogP contribution is -2.60. The zero-order chi connectivity index (χ0) is 13.2. The van der Waals surface area contributed by atoms with E-state index in [0.29, 0.717) is 18.5 Å². The van der Waals surface area contributed by atoms with E-state index in [1.165, 1.54) is 0 Å². The monoisotopic (exact) mass is 360 g/mol. The lowest BCUT2D eigenvalue weighted by molar-refractivity contribution is -0.125. The van der Waals surface area contributed by atoms with Crippen LogP contribution in [0.3, 0.4) is 0 Å². The van der Waals surface area contributed by atoms with Gasteiger partial charge in [-0.15, -0.1) is 0 Å². The first-order valence-corrected chi connectivity index (χ1v) is 6.68. The highest BCUT2D eigenvalue weighted by molar-refractivity contribution is 14.1. The zero-order valence-electron chi connectivity index (χ0n) is 9.57. The van der Waals surface area contributed by atoms with Gasteiger partial charge in [0.05, 0.1) is 0 Å². The van der Waals surface area contributed by atoms with Gasteiger partial charge in [0.25, 0.3) is 0 Å². The van der Waals surface area contributed by atoms with Crippen molar-refractivity contribution >= 4 is 40.3 Å². The van der Waals surface area contributed by atoms with E-state index in [4.69, 9.17) is 5.11 Å². The average molecular weight is 360 g/mol. The molecule has 0 bridgehead atoms. The van der Waals surface area contributed by atoms with E-state index in [-0.39, 0.29) is 5.91 Å². The maximum Gasteiger partial charge on any atom is 0.405 e. The van der Waals surface area contributed by atoms with Gasteiger partial charge >= 0.3 is 6.09 Å². The van der Waals surface area contributed by atoms with E-state index in [0.717, 1.165) is 9.99 Å². The lowest BCUT2D eigenvalue weighted by atomic mass is 9.76. The minimum atomic E-state index is -1.16. The Balaban J connectivity index is 2.06. The topological polar surface area (TPSA) is 78.4 Å². The smallest absolute Gasteiger partial charge is 0.405 e. The lowest BCUT2D eigenvalue weighted by Gasteiger charge is -2.39. The molecule has 1 saturated carbocycles. The average Bonchev–Trinajstić information content (AvgIpc) is 2.26. The van der Waals surface area contributed by atoms with E-state index in [1.807, 2.05) is 12.1 Å². The highest BCUT2D eigenvalue weighted by Crippen LogP contribution is 2.33. The SMILES string of the molecule is O=C(O)NC1(C(=O)Nc2ccc(I)cc2)CCC1. The van der Waals surface area contributed by atoms with Crippen LogP contribution < -0.4 is 10.6 Å². The standard InChI is InChI=1S/C12H13IN2O3/c13-8-2-4-9(5-3-8)14-10(16)12(6-1-7-12)15-11(17)18/h2-5,15H,1,6-7H2,(H,14,16)(H,17,18). The molecule has 96 valence electrons. The quantitative estimate of drug-likeness (QED) is 0.725. The van der Waals surface area contributed by atoms with Gasteiger partial charge in [0, 0.05) is 9.26 Å². The van der Waals surface area contributed by atoms with Crippen LogP contribution in [-0.4, -0.2) is 22.6 Å². The van der Waals surface area contributed by atoms with Crippen molar-refractivity contribution in [3.63, 3.8) is 0 Å². The summed E-state index contributed by atoms with van der Waals surface area (Å²) in [5.41, 5.74) is -0.270. The number of hydrogen-bond donors (Lipinski definition) is 3. The molecule has 1 fully saturated rings. The van der Waals surface area contributed by atoms with Crippen LogP contribution in [0.4, 0.5) is 10.5 Å². The van der Waals surface area contributed by atoms with E-state index in [9.17, 15) is 9.59 Å². The van der Waals surface area contributed by atoms with Crippen molar-refractivity contribution in [1.82, 2.24) is 5.32 Å². The number of halogens is 1. The normalized spacial score (nSPS) is 16.5. The van der Waals surface area contributed by atoms with Gasteiger partial charge in [0.1, 0.15) is 5.54 Å². The Labute approximate surface area is 118 Å². The molecule has 5 nitrogen and oxygen atoms in total. The molecular weight excluding hydrogens is 347 g/mol. The molecule has 0 radical (unpaired) electrons. The third kappa shape index (κ3) is 2.74. The first kappa shape index (κ1) is 13.1. The minimum absolute atomic E-state index is 0.280. The van der Waals surface area contributed by atoms with Crippen LogP contribution in [-0.2, 0) is 4.79 Å². The Hall–Kier alpha value is -1.31. The molecule has 0 heterocycles. The van der Waals surface area contributed by atoms with Crippen LogP contribution in [0.1, 0.15) is 19.3 Å². The fourth-order valence-corrected chi connectivity index (χ4v) is 2.29. The van der Waals surface area contributed by atoms with Gasteiger partial charge in [-0.05, 0) is 66.1 Å². The van der Waals surface area contributed by atoms with Crippen molar-refractivity contribution in [1.29, 1.82) is 0 Å². The molecule has 1 aromatic rings. The van der Waals surface area contributed by atoms with Crippen molar-refractivity contribution in [2.75, 3.05) is 5.32 Å². The van der Waals surface area contributed by atoms with Gasteiger partial charge in [-0.1, -0.05) is 0 Å². The van der Waals surface area contributed by atoms with Gasteiger partial charge in [-0.2, -0.15) is 0 Å². The van der Waals surface area contributed by atoms with E-state index < -0.39 is 11.6 Å². The zero-order valence-corrected chi connectivity index (χ0v) is 11.7. The van der Waals surface area contributed by atoms with Crippen LogP contribution in [0, 0.1) is 3.57 Å². The molecule has 1 aromatic carbocycles. The van der Waals surface area contributed by atoms with Crippen LogP contribution in [0.5, 0.6) is 0 Å². The predicted molar refractivity (Wildman–Crippen MR) is 75.5 cm³/mol. The third-order valence-corrected chi connectivity index (χ3v) is 3.81. The van der Waals surface area contributed by atoms with E-state index in [1.54, 1.807) is 12.1 Å². The van der Waals surface area contributed by atoms with Gasteiger partial charge in [0.2, 0.25) is 5.91 Å². The molecule has 0 saturated heterocycles. The number of carbonyl (C=O) groups is 2. The fraction of sp³-hybridized carbons (Fsp3) is 0.333. The molecule has 0 aromatic heterocycles. The summed E-state index contributed by atoms with van der Waals surface area (Å²) in [5, 5.41) is 13.8. The first-order chi connectivity index (χ1) is 8.52. The van der Waals surface area contributed by atoms with E-state index in [2.05, 4.69) is 33.2 Å². The summed E-state index contributed by atoms with van der Waals surface area (Å²) in [6, 6.07) is 7.36. The molecule has 1 aliphatic carbocycles. The summed E-state index contributed by atoms with van der Waals surface area (Å²) < 4.78 is 1.08. The fourth-order valence-electron chi connectivity index (χ4n) is 1.93. The molecule has 2 amide bonds. The van der Waals surface area contributed by atoms with Gasteiger partial charge < -0.3 is 15.7 Å².